The van der Waals surface area contributed by atoms with Crippen molar-refractivity contribution in [3.63, 3.8) is 0 Å². The number of pyridine rings is 1. The molecule has 8 heteroatoms. The maximum atomic E-state index is 12.3. The number of quaternary nitrogens is 1. The average molecular weight is 401 g/mol. The molecule has 1 aromatic carbocycles. The molecule has 0 atom stereocenters. The Morgan fingerprint density at radius 2 is 1.75 bits per heavy atom. The van der Waals surface area contributed by atoms with Crippen molar-refractivity contribution in [1.29, 1.82) is 0 Å². The second-order valence-electron chi connectivity index (χ2n) is 5.87. The standard InChI is InChI=1S/C16H16F3NO3.C4H11N/c1-4-10-7-13(15(22-3)20-9-10)12-6-5-11(8-14(12)21-2)23-16(17,18)19;1-2-3-4-5/h5-9H,4H2,1-3H3;2-5H2,1H3/p+1. The molecule has 0 bridgehead atoms. The Balaban J connectivity index is 0.000000696. The topological polar surface area (TPSA) is 68.2 Å². The zero-order valence-electron chi connectivity index (χ0n) is 16.7. The van der Waals surface area contributed by atoms with Crippen molar-refractivity contribution < 1.29 is 33.1 Å². The van der Waals surface area contributed by atoms with Gasteiger partial charge in [0.05, 0.1) is 20.8 Å². The number of aromatic nitrogens is 1. The van der Waals surface area contributed by atoms with Crippen molar-refractivity contribution in [3.05, 3.63) is 36.0 Å². The molecule has 3 N–H and O–H groups in total. The van der Waals surface area contributed by atoms with E-state index in [2.05, 4.69) is 22.4 Å². The fraction of sp³-hybridized carbons (Fsp3) is 0.450. The normalized spacial score (nSPS) is 10.7. The summed E-state index contributed by atoms with van der Waals surface area (Å²) in [6, 6.07) is 5.76. The number of hydrogen-bond donors (Lipinski definition) is 1. The van der Waals surface area contributed by atoms with E-state index in [9.17, 15) is 13.2 Å². The molecule has 0 aliphatic heterocycles. The molecule has 2 aromatic rings. The molecule has 0 saturated carbocycles. The van der Waals surface area contributed by atoms with Gasteiger partial charge in [0.2, 0.25) is 5.88 Å². The van der Waals surface area contributed by atoms with Gasteiger partial charge < -0.3 is 19.9 Å². The van der Waals surface area contributed by atoms with E-state index in [1.54, 1.807) is 6.20 Å². The number of halogens is 3. The van der Waals surface area contributed by atoms with Gasteiger partial charge in [0, 0.05) is 23.4 Å². The van der Waals surface area contributed by atoms with E-state index in [1.807, 2.05) is 13.0 Å². The van der Waals surface area contributed by atoms with Gasteiger partial charge in [-0.3, -0.25) is 0 Å². The first-order valence-corrected chi connectivity index (χ1v) is 9.05. The van der Waals surface area contributed by atoms with Crippen molar-refractivity contribution in [1.82, 2.24) is 4.98 Å². The summed E-state index contributed by atoms with van der Waals surface area (Å²) in [6.45, 7) is 5.24. The summed E-state index contributed by atoms with van der Waals surface area (Å²) in [5.74, 6) is 0.252. The SMILES string of the molecule is CCCC[NH3+].CCc1cnc(OC)c(-c2ccc(OC(F)(F)F)cc2OC)c1. The summed E-state index contributed by atoms with van der Waals surface area (Å²) in [4.78, 5) is 4.21. The van der Waals surface area contributed by atoms with Gasteiger partial charge in [0.1, 0.15) is 11.5 Å². The van der Waals surface area contributed by atoms with Crippen molar-refractivity contribution in [3.8, 4) is 28.5 Å². The van der Waals surface area contributed by atoms with E-state index in [4.69, 9.17) is 9.47 Å². The lowest BCUT2D eigenvalue weighted by Gasteiger charge is -2.15. The third kappa shape index (κ3) is 7.26. The minimum Gasteiger partial charge on any atom is -0.496 e. The van der Waals surface area contributed by atoms with Crippen molar-refractivity contribution in [2.75, 3.05) is 20.8 Å². The van der Waals surface area contributed by atoms with Gasteiger partial charge in [-0.1, -0.05) is 20.3 Å². The molecule has 156 valence electrons. The number of ether oxygens (including phenoxy) is 3. The second-order valence-corrected chi connectivity index (χ2v) is 5.87. The Morgan fingerprint density at radius 1 is 1.04 bits per heavy atom. The second kappa shape index (κ2) is 11.4. The average Bonchev–Trinajstić information content (AvgIpc) is 2.67. The van der Waals surface area contributed by atoms with Gasteiger partial charge >= 0.3 is 6.36 Å². The predicted octanol–water partition coefficient (Wildman–Crippen LogP) is 4.26. The monoisotopic (exact) mass is 401 g/mol. The Morgan fingerprint density at radius 3 is 2.21 bits per heavy atom. The Hall–Kier alpha value is -2.48. The number of unbranched alkanes of at least 4 members (excludes halogenated alkanes) is 1. The van der Waals surface area contributed by atoms with E-state index in [1.165, 1.54) is 45.3 Å². The van der Waals surface area contributed by atoms with Gasteiger partial charge in [-0.15, -0.1) is 13.2 Å². The van der Waals surface area contributed by atoms with Crippen molar-refractivity contribution >= 4 is 0 Å². The molecule has 0 radical (unpaired) electrons. The molecule has 28 heavy (non-hydrogen) atoms. The van der Waals surface area contributed by atoms with Crippen molar-refractivity contribution in [2.45, 2.75) is 39.5 Å². The van der Waals surface area contributed by atoms with Crippen LogP contribution in [0.15, 0.2) is 30.5 Å². The molecule has 0 spiro atoms. The summed E-state index contributed by atoms with van der Waals surface area (Å²) in [7, 11) is 2.85. The summed E-state index contributed by atoms with van der Waals surface area (Å²) in [5, 5.41) is 0. The van der Waals surface area contributed by atoms with Crippen LogP contribution in [0.5, 0.6) is 17.4 Å². The first-order valence-electron chi connectivity index (χ1n) is 9.05. The first kappa shape index (κ1) is 23.6. The molecule has 1 aromatic heterocycles. The minimum atomic E-state index is -4.76. The van der Waals surface area contributed by atoms with Crippen LogP contribution >= 0.6 is 0 Å². The molecule has 0 unspecified atom stereocenters. The quantitative estimate of drug-likeness (QED) is 0.753. The largest absolute Gasteiger partial charge is 0.573 e. The number of alkyl halides is 3. The highest BCUT2D eigenvalue weighted by Crippen LogP contribution is 2.38. The zero-order chi connectivity index (χ0) is 21.2. The number of hydrogen-bond acceptors (Lipinski definition) is 4. The van der Waals surface area contributed by atoms with Crippen LogP contribution in [0.3, 0.4) is 0 Å². The smallest absolute Gasteiger partial charge is 0.496 e. The van der Waals surface area contributed by atoms with Crippen LogP contribution in [0.4, 0.5) is 13.2 Å². The van der Waals surface area contributed by atoms with E-state index < -0.39 is 6.36 Å². The van der Waals surface area contributed by atoms with Crippen LogP contribution in [0.1, 0.15) is 32.3 Å². The molecule has 1 heterocycles. The Labute approximate surface area is 163 Å². The van der Waals surface area contributed by atoms with E-state index in [-0.39, 0.29) is 11.5 Å². The highest BCUT2D eigenvalue weighted by molar-refractivity contribution is 5.75. The summed E-state index contributed by atoms with van der Waals surface area (Å²) < 4.78 is 51.3. The molecule has 5 nitrogen and oxygen atoms in total. The number of benzene rings is 1. The third-order valence-electron chi connectivity index (χ3n) is 3.81. The minimum absolute atomic E-state index is 0.236. The molecule has 0 amide bonds. The number of rotatable bonds is 7. The van der Waals surface area contributed by atoms with Crippen LogP contribution in [0.25, 0.3) is 11.1 Å². The van der Waals surface area contributed by atoms with E-state index in [0.29, 0.717) is 17.0 Å². The van der Waals surface area contributed by atoms with Gasteiger partial charge in [-0.05, 0) is 36.6 Å². The van der Waals surface area contributed by atoms with Gasteiger partial charge in [0.15, 0.2) is 0 Å². The third-order valence-corrected chi connectivity index (χ3v) is 3.81. The van der Waals surface area contributed by atoms with Crippen LogP contribution in [0, 0.1) is 0 Å². The fourth-order valence-electron chi connectivity index (χ4n) is 2.39. The molecule has 0 aliphatic carbocycles. The predicted molar refractivity (Wildman–Crippen MR) is 102 cm³/mol. The molecule has 0 saturated heterocycles. The zero-order valence-corrected chi connectivity index (χ0v) is 16.7. The number of methoxy groups -OCH3 is 2. The highest BCUT2D eigenvalue weighted by Gasteiger charge is 2.31. The summed E-state index contributed by atoms with van der Waals surface area (Å²) in [5.41, 5.74) is 5.86. The lowest BCUT2D eigenvalue weighted by Crippen LogP contribution is -2.49. The van der Waals surface area contributed by atoms with Crippen LogP contribution in [-0.4, -0.2) is 32.1 Å². The van der Waals surface area contributed by atoms with Crippen LogP contribution in [-0.2, 0) is 6.42 Å². The fourth-order valence-corrected chi connectivity index (χ4v) is 2.39. The van der Waals surface area contributed by atoms with E-state index >= 15 is 0 Å². The molecule has 0 aliphatic rings. The van der Waals surface area contributed by atoms with Crippen LogP contribution in [0.2, 0.25) is 0 Å². The van der Waals surface area contributed by atoms with Gasteiger partial charge in [-0.2, -0.15) is 0 Å². The van der Waals surface area contributed by atoms with E-state index in [0.717, 1.165) is 18.5 Å². The van der Waals surface area contributed by atoms with Crippen molar-refractivity contribution in [2.24, 2.45) is 0 Å². The highest BCUT2D eigenvalue weighted by atomic mass is 19.4. The lowest BCUT2D eigenvalue weighted by molar-refractivity contribution is -0.368. The molecular weight excluding hydrogens is 373 g/mol. The van der Waals surface area contributed by atoms with Crippen LogP contribution < -0.4 is 19.9 Å². The summed E-state index contributed by atoms with van der Waals surface area (Å²) in [6.07, 6.45) is 0.259. The number of nitrogens with zero attached hydrogens (tertiary/aromatic N) is 1. The maximum Gasteiger partial charge on any atom is 0.573 e. The van der Waals surface area contributed by atoms with Gasteiger partial charge in [0.25, 0.3) is 0 Å². The molecule has 0 fully saturated rings. The lowest BCUT2D eigenvalue weighted by atomic mass is 10.0. The summed E-state index contributed by atoms with van der Waals surface area (Å²) >= 11 is 0. The Bertz CT molecular complexity index is 735. The molecule has 2 rings (SSSR count). The Kier molecular flexibility index (Phi) is 9.58. The molecular formula is C20H28F3N2O3+. The first-order chi connectivity index (χ1) is 13.3. The maximum absolute atomic E-state index is 12.3. The van der Waals surface area contributed by atoms with Gasteiger partial charge in [-0.25, -0.2) is 4.98 Å². The number of aryl methyl sites for hydroxylation is 1.